The van der Waals surface area contributed by atoms with Crippen LogP contribution in [0.3, 0.4) is 0 Å². The molecule has 4 nitrogen and oxygen atoms in total. The number of carbonyl (C=O) groups excluding carboxylic acids is 1. The van der Waals surface area contributed by atoms with Gasteiger partial charge in [-0.1, -0.05) is 18.2 Å². The summed E-state index contributed by atoms with van der Waals surface area (Å²) in [4.78, 5) is 11.9. The lowest BCUT2D eigenvalue weighted by molar-refractivity contribution is 0.0680. The van der Waals surface area contributed by atoms with Crippen LogP contribution < -0.4 is 5.32 Å². The smallest absolute Gasteiger partial charge is 0.411 e. The van der Waals surface area contributed by atoms with Crippen LogP contribution in [-0.4, -0.2) is 25.4 Å². The van der Waals surface area contributed by atoms with E-state index in [-0.39, 0.29) is 11.5 Å². The first-order valence-corrected chi connectivity index (χ1v) is 7.36. The quantitative estimate of drug-likeness (QED) is 0.920. The van der Waals surface area contributed by atoms with Crippen LogP contribution in [0, 0.1) is 17.3 Å². The van der Waals surface area contributed by atoms with Gasteiger partial charge in [-0.3, -0.25) is 5.32 Å². The summed E-state index contributed by atoms with van der Waals surface area (Å²) < 4.78 is 11.3. The summed E-state index contributed by atoms with van der Waals surface area (Å²) in [6, 6.07) is 9.40. The second-order valence-electron chi connectivity index (χ2n) is 6.43. The molecule has 2 bridgehead atoms. The number of carbonyl (C=O) groups is 1. The predicted molar refractivity (Wildman–Crippen MR) is 74.4 cm³/mol. The molecule has 1 aliphatic heterocycles. The number of benzene rings is 1. The minimum absolute atomic E-state index is 0.0988. The molecule has 1 heterocycles. The molecule has 1 aromatic carbocycles. The summed E-state index contributed by atoms with van der Waals surface area (Å²) in [5.74, 6) is 1.39. The van der Waals surface area contributed by atoms with E-state index in [0.717, 1.165) is 24.6 Å². The molecule has 1 aromatic rings. The van der Waals surface area contributed by atoms with Gasteiger partial charge in [-0.2, -0.15) is 0 Å². The maximum absolute atomic E-state index is 11.9. The molecule has 4 rings (SSSR count). The third-order valence-electron chi connectivity index (χ3n) is 5.18. The minimum atomic E-state index is -0.364. The van der Waals surface area contributed by atoms with Gasteiger partial charge in [0.15, 0.2) is 0 Å². The maximum atomic E-state index is 11.9. The molecule has 3 aliphatic rings. The molecule has 1 amide bonds. The Labute approximate surface area is 118 Å². The summed E-state index contributed by atoms with van der Waals surface area (Å²) in [5.41, 5.74) is 0.866. The Kier molecular flexibility index (Phi) is 2.74. The van der Waals surface area contributed by atoms with Crippen LogP contribution in [0.25, 0.3) is 0 Å². The lowest BCUT2D eigenvalue weighted by Gasteiger charge is -2.30. The fourth-order valence-electron chi connectivity index (χ4n) is 4.35. The average Bonchev–Trinajstić information content (AvgIpc) is 3.05. The number of ether oxygens (including phenoxy) is 2. The number of nitrogens with one attached hydrogen (secondary N) is 1. The average molecular weight is 273 g/mol. The molecule has 1 N–H and O–H groups in total. The molecule has 20 heavy (non-hydrogen) atoms. The number of rotatable bonds is 3. The molecule has 106 valence electrons. The number of hydrogen-bond donors (Lipinski definition) is 1. The number of hydrogen-bond acceptors (Lipinski definition) is 3. The van der Waals surface area contributed by atoms with Crippen LogP contribution in [0.2, 0.25) is 0 Å². The van der Waals surface area contributed by atoms with Gasteiger partial charge in [-0.05, 0) is 43.2 Å². The maximum Gasteiger partial charge on any atom is 0.411 e. The summed E-state index contributed by atoms with van der Waals surface area (Å²) >= 11 is 0. The Morgan fingerprint density at radius 3 is 3.00 bits per heavy atom. The van der Waals surface area contributed by atoms with E-state index in [4.69, 9.17) is 9.47 Å². The van der Waals surface area contributed by atoms with E-state index in [1.54, 1.807) is 0 Å². The van der Waals surface area contributed by atoms with Crippen molar-refractivity contribution in [2.75, 3.05) is 18.5 Å². The van der Waals surface area contributed by atoms with Crippen LogP contribution >= 0.6 is 0 Å². The Morgan fingerprint density at radius 1 is 1.35 bits per heavy atom. The summed E-state index contributed by atoms with van der Waals surface area (Å²) in [7, 11) is 0. The highest BCUT2D eigenvalue weighted by atomic mass is 16.6. The molecule has 0 radical (unpaired) electrons. The van der Waals surface area contributed by atoms with E-state index in [2.05, 4.69) is 5.32 Å². The fourth-order valence-corrected chi connectivity index (χ4v) is 4.35. The third kappa shape index (κ3) is 1.90. The normalized spacial score (nSPS) is 37.1. The van der Waals surface area contributed by atoms with E-state index in [1.165, 1.54) is 12.8 Å². The Hall–Kier alpha value is -1.55. The van der Waals surface area contributed by atoms with Gasteiger partial charge in [-0.25, -0.2) is 4.79 Å². The Bertz CT molecular complexity index is 518. The Morgan fingerprint density at radius 2 is 2.20 bits per heavy atom. The first-order valence-electron chi connectivity index (χ1n) is 7.36. The largest absolute Gasteiger partial charge is 0.449 e. The summed E-state index contributed by atoms with van der Waals surface area (Å²) in [5, 5.41) is 2.76. The van der Waals surface area contributed by atoms with Crippen molar-refractivity contribution in [3.8, 4) is 0 Å². The number of fused-ring (bicyclic) bond motifs is 1. The highest BCUT2D eigenvalue weighted by Gasteiger charge is 2.61. The van der Waals surface area contributed by atoms with Gasteiger partial charge in [0.05, 0.1) is 12.7 Å². The monoisotopic (exact) mass is 273 g/mol. The van der Waals surface area contributed by atoms with Crippen LogP contribution in [0.4, 0.5) is 10.5 Å². The molecule has 4 unspecified atom stereocenters. The molecular weight excluding hydrogens is 254 g/mol. The second-order valence-corrected chi connectivity index (χ2v) is 6.43. The van der Waals surface area contributed by atoms with Gasteiger partial charge in [0.2, 0.25) is 0 Å². The molecule has 0 aromatic heterocycles. The van der Waals surface area contributed by atoms with Gasteiger partial charge >= 0.3 is 6.09 Å². The molecule has 2 aliphatic carbocycles. The molecule has 0 spiro atoms. The van der Waals surface area contributed by atoms with Crippen LogP contribution in [0.5, 0.6) is 0 Å². The van der Waals surface area contributed by atoms with Crippen molar-refractivity contribution >= 4 is 11.8 Å². The van der Waals surface area contributed by atoms with Crippen molar-refractivity contribution in [3.63, 3.8) is 0 Å². The lowest BCUT2D eigenvalue weighted by atomic mass is 9.75. The fraction of sp³-hybridized carbons (Fsp3) is 0.562. The zero-order chi connectivity index (χ0) is 13.6. The summed E-state index contributed by atoms with van der Waals surface area (Å²) in [6.45, 7) is 1.25. The van der Waals surface area contributed by atoms with Gasteiger partial charge < -0.3 is 9.47 Å². The molecule has 3 fully saturated rings. The van der Waals surface area contributed by atoms with Gasteiger partial charge in [0, 0.05) is 11.1 Å². The molecule has 4 atom stereocenters. The molecular formula is C16H19NO3. The lowest BCUT2D eigenvalue weighted by Crippen LogP contribution is -2.35. The first-order chi connectivity index (χ1) is 9.75. The van der Waals surface area contributed by atoms with E-state index in [1.807, 2.05) is 30.3 Å². The number of para-hydroxylation sites is 1. The van der Waals surface area contributed by atoms with E-state index in [9.17, 15) is 4.79 Å². The van der Waals surface area contributed by atoms with Gasteiger partial charge in [-0.15, -0.1) is 0 Å². The SMILES string of the molecule is O=C(Nc1ccccc1)OCC12COC3CC(CC31)C2. The van der Waals surface area contributed by atoms with Gasteiger partial charge in [0.1, 0.15) is 6.61 Å². The topological polar surface area (TPSA) is 47.6 Å². The number of anilines is 1. The second kappa shape index (κ2) is 4.48. The highest BCUT2D eigenvalue weighted by Crippen LogP contribution is 2.61. The van der Waals surface area contributed by atoms with Crippen molar-refractivity contribution in [2.24, 2.45) is 17.3 Å². The standard InChI is InChI=1S/C16H19NO3/c18-15(17-12-4-2-1-3-5-12)20-10-16-8-11-6-13(16)14(7-11)19-9-16/h1-5,11,13-14H,6-10H2,(H,17,18). The van der Waals surface area contributed by atoms with Gasteiger partial charge in [0.25, 0.3) is 0 Å². The van der Waals surface area contributed by atoms with Crippen LogP contribution in [0.1, 0.15) is 19.3 Å². The van der Waals surface area contributed by atoms with Crippen molar-refractivity contribution in [2.45, 2.75) is 25.4 Å². The highest BCUT2D eigenvalue weighted by molar-refractivity contribution is 5.84. The van der Waals surface area contributed by atoms with E-state index >= 15 is 0 Å². The zero-order valence-electron chi connectivity index (χ0n) is 11.4. The van der Waals surface area contributed by atoms with Crippen molar-refractivity contribution in [3.05, 3.63) is 30.3 Å². The van der Waals surface area contributed by atoms with E-state index < -0.39 is 0 Å². The predicted octanol–water partition coefficient (Wildman–Crippen LogP) is 3.05. The van der Waals surface area contributed by atoms with Crippen LogP contribution in [0.15, 0.2) is 30.3 Å². The molecule has 2 saturated carbocycles. The van der Waals surface area contributed by atoms with Crippen molar-refractivity contribution < 1.29 is 14.3 Å². The molecule has 1 saturated heterocycles. The summed E-state index contributed by atoms with van der Waals surface area (Å²) in [6.07, 6.45) is 3.69. The van der Waals surface area contributed by atoms with E-state index in [0.29, 0.717) is 18.6 Å². The molecule has 4 heteroatoms. The van der Waals surface area contributed by atoms with Crippen molar-refractivity contribution in [1.82, 2.24) is 0 Å². The number of amides is 1. The van der Waals surface area contributed by atoms with Crippen molar-refractivity contribution in [1.29, 1.82) is 0 Å². The zero-order valence-corrected chi connectivity index (χ0v) is 11.4. The first kappa shape index (κ1) is 12.2. The third-order valence-corrected chi connectivity index (χ3v) is 5.18. The van der Waals surface area contributed by atoms with Crippen LogP contribution in [-0.2, 0) is 9.47 Å². The minimum Gasteiger partial charge on any atom is -0.449 e. The Balaban J connectivity index is 1.36.